The molecule has 7 heteroatoms. The number of urea groups is 1. The summed E-state index contributed by atoms with van der Waals surface area (Å²) in [5, 5.41) is 4.83. The Balaban J connectivity index is 1.52. The number of rotatable bonds is 1. The summed E-state index contributed by atoms with van der Waals surface area (Å²) in [6, 6.07) is 7.55. The van der Waals surface area contributed by atoms with E-state index in [1.165, 1.54) is 11.3 Å². The van der Waals surface area contributed by atoms with Gasteiger partial charge in [-0.15, -0.1) is 11.3 Å². The van der Waals surface area contributed by atoms with Gasteiger partial charge in [0.2, 0.25) is 0 Å². The van der Waals surface area contributed by atoms with E-state index in [0.29, 0.717) is 11.3 Å². The lowest BCUT2D eigenvalue weighted by molar-refractivity contribution is 0.102. The van der Waals surface area contributed by atoms with E-state index < -0.39 is 0 Å². The molecule has 3 aliphatic rings. The molecule has 1 spiro atoms. The van der Waals surface area contributed by atoms with Gasteiger partial charge >= 0.3 is 6.03 Å². The number of anilines is 3. The lowest BCUT2D eigenvalue weighted by Gasteiger charge is -2.30. The summed E-state index contributed by atoms with van der Waals surface area (Å²) in [6.45, 7) is 9.02. The van der Waals surface area contributed by atoms with Gasteiger partial charge in [-0.1, -0.05) is 19.1 Å². The lowest BCUT2D eigenvalue weighted by atomic mass is 9.86. The number of carbonyl (C=O) groups excluding carboxylic acids is 2. The van der Waals surface area contributed by atoms with Gasteiger partial charge in [0.25, 0.3) is 5.91 Å². The van der Waals surface area contributed by atoms with Crippen LogP contribution in [0, 0.1) is 12.3 Å². The van der Waals surface area contributed by atoms with Crippen LogP contribution in [0.5, 0.6) is 0 Å². The molecule has 1 unspecified atom stereocenters. The van der Waals surface area contributed by atoms with Gasteiger partial charge in [-0.2, -0.15) is 0 Å². The van der Waals surface area contributed by atoms with Gasteiger partial charge in [0.1, 0.15) is 0 Å². The van der Waals surface area contributed by atoms with E-state index in [0.717, 1.165) is 61.8 Å². The predicted molar refractivity (Wildman–Crippen MR) is 116 cm³/mol. The highest BCUT2D eigenvalue weighted by molar-refractivity contribution is 7.11. The Labute approximate surface area is 175 Å². The van der Waals surface area contributed by atoms with Crippen molar-refractivity contribution in [2.75, 3.05) is 42.9 Å². The SMILES string of the molecule is CCN1CCC2(CCN(C(=O)N3c4ccccc4NC(=O)c4csc(C)c43)C2)C1. The largest absolute Gasteiger partial charge is 0.329 e. The summed E-state index contributed by atoms with van der Waals surface area (Å²) in [4.78, 5) is 33.8. The average Bonchev–Trinajstić information content (AvgIpc) is 3.41. The van der Waals surface area contributed by atoms with E-state index >= 15 is 0 Å². The summed E-state index contributed by atoms with van der Waals surface area (Å²) in [7, 11) is 0. The smallest absolute Gasteiger partial charge is 0.323 e. The molecule has 4 heterocycles. The monoisotopic (exact) mass is 410 g/mol. The van der Waals surface area contributed by atoms with Crippen molar-refractivity contribution in [2.24, 2.45) is 5.41 Å². The Kier molecular flexibility index (Phi) is 4.40. The molecule has 0 bridgehead atoms. The van der Waals surface area contributed by atoms with Crippen molar-refractivity contribution in [3.8, 4) is 0 Å². The molecule has 0 radical (unpaired) electrons. The number of nitrogens with one attached hydrogen (secondary N) is 1. The standard InChI is InChI=1S/C22H26N4O2S/c1-3-24-10-8-22(13-24)9-11-25(14-22)21(28)26-18-7-5-4-6-17(18)23-20(27)16-12-29-15(2)19(16)26/h4-7,12H,3,8-11,13-14H2,1-2H3,(H,23,27). The van der Waals surface area contributed by atoms with Crippen molar-refractivity contribution in [1.82, 2.24) is 9.80 Å². The molecule has 0 aliphatic carbocycles. The molecule has 29 heavy (non-hydrogen) atoms. The zero-order valence-corrected chi connectivity index (χ0v) is 17.7. The fourth-order valence-corrected chi connectivity index (χ4v) is 5.87. The number of carbonyl (C=O) groups is 2. The number of benzene rings is 1. The molecule has 3 aliphatic heterocycles. The molecule has 1 aromatic carbocycles. The summed E-state index contributed by atoms with van der Waals surface area (Å²) >= 11 is 1.51. The Bertz CT molecular complexity index is 987. The number of para-hydroxylation sites is 2. The third-order valence-electron chi connectivity index (χ3n) is 6.67. The van der Waals surface area contributed by atoms with Gasteiger partial charge in [-0.05, 0) is 45.0 Å². The highest BCUT2D eigenvalue weighted by Gasteiger charge is 2.46. The van der Waals surface area contributed by atoms with Crippen LogP contribution < -0.4 is 10.2 Å². The summed E-state index contributed by atoms with van der Waals surface area (Å²) in [5.74, 6) is -0.153. The molecule has 1 atom stereocenters. The Morgan fingerprint density at radius 3 is 2.79 bits per heavy atom. The van der Waals surface area contributed by atoms with Gasteiger partial charge < -0.3 is 15.1 Å². The Morgan fingerprint density at radius 2 is 2.00 bits per heavy atom. The number of thiophene rings is 1. The van der Waals surface area contributed by atoms with Crippen LogP contribution in [0.3, 0.4) is 0 Å². The first-order chi connectivity index (χ1) is 14.0. The molecule has 2 aromatic rings. The van der Waals surface area contributed by atoms with Crippen LogP contribution in [0.4, 0.5) is 21.9 Å². The van der Waals surface area contributed by atoms with Crippen molar-refractivity contribution in [2.45, 2.75) is 26.7 Å². The quantitative estimate of drug-likeness (QED) is 0.763. The second kappa shape index (κ2) is 6.85. The van der Waals surface area contributed by atoms with Crippen LogP contribution in [0.15, 0.2) is 29.6 Å². The number of likely N-dealkylation sites (tertiary alicyclic amines) is 2. The maximum atomic E-state index is 13.8. The normalized spacial score (nSPS) is 23.9. The number of hydrogen-bond acceptors (Lipinski definition) is 4. The van der Waals surface area contributed by atoms with Gasteiger partial charge in [0.15, 0.2) is 0 Å². The van der Waals surface area contributed by atoms with Crippen molar-refractivity contribution in [1.29, 1.82) is 0 Å². The third-order valence-corrected chi connectivity index (χ3v) is 7.57. The number of hydrogen-bond donors (Lipinski definition) is 1. The zero-order chi connectivity index (χ0) is 20.2. The van der Waals surface area contributed by atoms with E-state index in [9.17, 15) is 9.59 Å². The van der Waals surface area contributed by atoms with E-state index in [4.69, 9.17) is 0 Å². The van der Waals surface area contributed by atoms with E-state index in [2.05, 4.69) is 17.1 Å². The first-order valence-corrected chi connectivity index (χ1v) is 11.2. The number of nitrogens with zero attached hydrogens (tertiary/aromatic N) is 3. The van der Waals surface area contributed by atoms with Crippen LogP contribution in [0.25, 0.3) is 0 Å². The second-order valence-corrected chi connectivity index (χ2v) is 9.52. The minimum atomic E-state index is -0.153. The Morgan fingerprint density at radius 1 is 1.21 bits per heavy atom. The second-order valence-electron chi connectivity index (χ2n) is 8.43. The fourth-order valence-electron chi connectivity index (χ4n) is 5.04. The van der Waals surface area contributed by atoms with Gasteiger partial charge in [0.05, 0.1) is 22.6 Å². The number of amides is 3. The van der Waals surface area contributed by atoms with Crippen LogP contribution in [-0.4, -0.2) is 54.5 Å². The van der Waals surface area contributed by atoms with E-state index in [-0.39, 0.29) is 17.4 Å². The maximum Gasteiger partial charge on any atom is 0.329 e. The Hall–Kier alpha value is -2.38. The minimum Gasteiger partial charge on any atom is -0.323 e. The van der Waals surface area contributed by atoms with E-state index in [1.54, 1.807) is 4.90 Å². The molecule has 0 saturated carbocycles. The molecule has 3 amide bonds. The van der Waals surface area contributed by atoms with Crippen LogP contribution in [0.1, 0.15) is 35.0 Å². The van der Waals surface area contributed by atoms with Gasteiger partial charge in [-0.25, -0.2) is 4.79 Å². The molecule has 152 valence electrons. The van der Waals surface area contributed by atoms with Crippen LogP contribution in [-0.2, 0) is 0 Å². The predicted octanol–water partition coefficient (Wildman–Crippen LogP) is 4.30. The number of fused-ring (bicyclic) bond motifs is 2. The highest BCUT2D eigenvalue weighted by Crippen LogP contribution is 2.45. The zero-order valence-electron chi connectivity index (χ0n) is 16.9. The summed E-state index contributed by atoms with van der Waals surface area (Å²) in [6.07, 6.45) is 2.21. The molecule has 6 nitrogen and oxygen atoms in total. The molecule has 5 rings (SSSR count). The fraction of sp³-hybridized carbons (Fsp3) is 0.455. The molecule has 2 saturated heterocycles. The molecular formula is C22H26N4O2S. The molecular weight excluding hydrogens is 384 g/mol. The van der Waals surface area contributed by atoms with Crippen LogP contribution in [0.2, 0.25) is 0 Å². The van der Waals surface area contributed by atoms with Crippen molar-refractivity contribution < 1.29 is 9.59 Å². The summed E-state index contributed by atoms with van der Waals surface area (Å²) in [5.41, 5.74) is 2.94. The van der Waals surface area contributed by atoms with Gasteiger partial charge in [0, 0.05) is 35.3 Å². The van der Waals surface area contributed by atoms with Gasteiger partial charge in [-0.3, -0.25) is 9.69 Å². The molecule has 2 fully saturated rings. The summed E-state index contributed by atoms with van der Waals surface area (Å²) < 4.78 is 0. The lowest BCUT2D eigenvalue weighted by Crippen LogP contribution is -2.41. The number of aryl methyl sites for hydroxylation is 1. The van der Waals surface area contributed by atoms with Crippen molar-refractivity contribution in [3.05, 3.63) is 40.1 Å². The maximum absolute atomic E-state index is 13.8. The van der Waals surface area contributed by atoms with Crippen LogP contribution >= 0.6 is 11.3 Å². The third kappa shape index (κ3) is 2.95. The highest BCUT2D eigenvalue weighted by atomic mass is 32.1. The minimum absolute atomic E-state index is 0.0245. The van der Waals surface area contributed by atoms with Crippen molar-refractivity contribution in [3.63, 3.8) is 0 Å². The van der Waals surface area contributed by atoms with Crippen molar-refractivity contribution >= 4 is 40.3 Å². The van der Waals surface area contributed by atoms with E-state index in [1.807, 2.05) is 41.5 Å². The molecule has 1 N–H and O–H groups in total. The topological polar surface area (TPSA) is 55.9 Å². The first kappa shape index (κ1) is 18.6. The first-order valence-electron chi connectivity index (χ1n) is 10.3. The molecule has 1 aromatic heterocycles. The average molecular weight is 411 g/mol.